The Labute approximate surface area is 103 Å². The van der Waals surface area contributed by atoms with Crippen LogP contribution < -0.4 is 0 Å². The Morgan fingerprint density at radius 1 is 1.19 bits per heavy atom. The van der Waals surface area contributed by atoms with Crippen molar-refractivity contribution in [3.63, 3.8) is 0 Å². The lowest BCUT2D eigenvalue weighted by molar-refractivity contribution is -0.115. The van der Waals surface area contributed by atoms with Gasteiger partial charge in [-0.25, -0.2) is 0 Å². The number of ether oxygens (including phenoxy) is 1. The summed E-state index contributed by atoms with van der Waals surface area (Å²) in [4.78, 5) is 12.3. The van der Waals surface area contributed by atoms with Crippen LogP contribution >= 0.6 is 11.8 Å². The zero-order valence-electron chi connectivity index (χ0n) is 10.8. The van der Waals surface area contributed by atoms with Crippen molar-refractivity contribution in [3.8, 4) is 0 Å². The molecule has 1 spiro atoms. The van der Waals surface area contributed by atoms with Crippen LogP contribution in [0, 0.1) is 0 Å². The van der Waals surface area contributed by atoms with E-state index in [0.29, 0.717) is 0 Å². The van der Waals surface area contributed by atoms with Crippen molar-refractivity contribution in [3.05, 3.63) is 0 Å². The molecule has 0 aromatic heterocycles. The minimum atomic E-state index is -0.495. The number of carbonyl (C=O) groups is 1. The summed E-state index contributed by atoms with van der Waals surface area (Å²) in [7, 11) is 0. The predicted octanol–water partition coefficient (Wildman–Crippen LogP) is 3.54. The number of epoxide rings is 1. The van der Waals surface area contributed by atoms with Gasteiger partial charge in [0.05, 0.1) is 0 Å². The lowest BCUT2D eigenvalue weighted by atomic mass is 9.81. The third-order valence-corrected chi connectivity index (χ3v) is 4.86. The lowest BCUT2D eigenvalue weighted by Gasteiger charge is -2.23. The summed E-state index contributed by atoms with van der Waals surface area (Å²) in [6.07, 6.45) is 5.85. The molecule has 1 aliphatic heterocycles. The Morgan fingerprint density at radius 3 is 2.25 bits per heavy atom. The third-order valence-electron chi connectivity index (χ3n) is 3.68. The molecular formula is C13H22O2S. The highest BCUT2D eigenvalue weighted by atomic mass is 32.2. The quantitative estimate of drug-likeness (QED) is 0.659. The highest BCUT2D eigenvalue weighted by Crippen LogP contribution is 2.58. The summed E-state index contributed by atoms with van der Waals surface area (Å²) in [6, 6.07) is 0. The largest absolute Gasteiger partial charge is 0.353 e. The molecule has 1 unspecified atom stereocenters. The zero-order chi connectivity index (χ0) is 12.0. The maximum atomic E-state index is 12.3. The molecule has 2 rings (SSSR count). The van der Waals surface area contributed by atoms with Gasteiger partial charge in [0.1, 0.15) is 5.60 Å². The first-order chi connectivity index (χ1) is 7.29. The second-order valence-electron chi connectivity index (χ2n) is 6.19. The van der Waals surface area contributed by atoms with E-state index < -0.39 is 5.60 Å². The molecule has 3 heteroatoms. The number of thioether (sulfide) groups is 1. The van der Waals surface area contributed by atoms with Crippen LogP contribution in [0.1, 0.15) is 59.8 Å². The van der Waals surface area contributed by atoms with Crippen LogP contribution in [0.2, 0.25) is 0 Å². The van der Waals surface area contributed by atoms with Crippen molar-refractivity contribution in [2.75, 3.05) is 0 Å². The van der Waals surface area contributed by atoms with E-state index in [1.807, 2.05) is 6.92 Å². The molecule has 0 amide bonds. The van der Waals surface area contributed by atoms with Crippen LogP contribution in [0.15, 0.2) is 0 Å². The molecule has 92 valence electrons. The molecule has 2 aliphatic rings. The molecule has 2 nitrogen and oxygen atoms in total. The summed E-state index contributed by atoms with van der Waals surface area (Å²) < 4.78 is 5.86. The van der Waals surface area contributed by atoms with Crippen molar-refractivity contribution < 1.29 is 9.53 Å². The standard InChI is InChI=1S/C13H22O2S/c1-11(2,3)16-10(14)12(4)13(15-12)8-6-5-7-9-13/h5-9H2,1-4H3. The average molecular weight is 242 g/mol. The van der Waals surface area contributed by atoms with Gasteiger partial charge in [-0.3, -0.25) is 4.79 Å². The molecule has 1 aliphatic carbocycles. The Kier molecular flexibility index (Phi) is 2.91. The summed E-state index contributed by atoms with van der Waals surface area (Å²) in [5.74, 6) is 0. The van der Waals surface area contributed by atoms with Gasteiger partial charge in [-0.2, -0.15) is 0 Å². The van der Waals surface area contributed by atoms with Crippen LogP contribution in [-0.2, 0) is 9.53 Å². The van der Waals surface area contributed by atoms with Gasteiger partial charge in [0.2, 0.25) is 5.12 Å². The van der Waals surface area contributed by atoms with Crippen molar-refractivity contribution in [2.45, 2.75) is 75.7 Å². The summed E-state index contributed by atoms with van der Waals surface area (Å²) in [6.45, 7) is 8.22. The minimum Gasteiger partial charge on any atom is -0.353 e. The van der Waals surface area contributed by atoms with E-state index in [1.165, 1.54) is 31.0 Å². The van der Waals surface area contributed by atoms with Crippen LogP contribution in [0.4, 0.5) is 0 Å². The van der Waals surface area contributed by atoms with Crippen molar-refractivity contribution in [2.24, 2.45) is 0 Å². The molecule has 2 fully saturated rings. The van der Waals surface area contributed by atoms with Gasteiger partial charge >= 0.3 is 0 Å². The molecule has 0 aromatic carbocycles. The third kappa shape index (κ3) is 2.04. The fourth-order valence-electron chi connectivity index (χ4n) is 2.67. The molecule has 0 bridgehead atoms. The Balaban J connectivity index is 2.03. The molecule has 1 saturated heterocycles. The van der Waals surface area contributed by atoms with Gasteiger partial charge in [0.25, 0.3) is 0 Å². The summed E-state index contributed by atoms with van der Waals surface area (Å²) in [5, 5.41) is 0.224. The number of carbonyl (C=O) groups excluding carboxylic acids is 1. The Bertz CT molecular complexity index is 300. The number of hydrogen-bond donors (Lipinski definition) is 0. The fourth-order valence-corrected chi connectivity index (χ4v) is 3.65. The molecule has 0 N–H and O–H groups in total. The van der Waals surface area contributed by atoms with Crippen LogP contribution in [-0.4, -0.2) is 21.1 Å². The van der Waals surface area contributed by atoms with Crippen molar-refractivity contribution >= 4 is 16.9 Å². The topological polar surface area (TPSA) is 29.6 Å². The molecule has 0 radical (unpaired) electrons. The zero-order valence-corrected chi connectivity index (χ0v) is 11.6. The van der Waals surface area contributed by atoms with Gasteiger partial charge in [-0.15, -0.1) is 0 Å². The first-order valence-electron chi connectivity index (χ1n) is 6.23. The minimum absolute atomic E-state index is 0.0120. The van der Waals surface area contributed by atoms with E-state index in [-0.39, 0.29) is 15.5 Å². The fraction of sp³-hybridized carbons (Fsp3) is 0.923. The predicted molar refractivity (Wildman–Crippen MR) is 67.7 cm³/mol. The van der Waals surface area contributed by atoms with Gasteiger partial charge in [0, 0.05) is 4.75 Å². The smallest absolute Gasteiger partial charge is 0.224 e. The molecule has 1 saturated carbocycles. The first-order valence-corrected chi connectivity index (χ1v) is 7.04. The highest BCUT2D eigenvalue weighted by molar-refractivity contribution is 8.15. The van der Waals surface area contributed by atoms with Gasteiger partial charge < -0.3 is 4.74 Å². The molecule has 0 aromatic rings. The van der Waals surface area contributed by atoms with Crippen LogP contribution in [0.25, 0.3) is 0 Å². The second-order valence-corrected chi connectivity index (χ2v) is 7.99. The maximum absolute atomic E-state index is 12.3. The lowest BCUT2D eigenvalue weighted by Crippen LogP contribution is -2.33. The molecule has 1 atom stereocenters. The normalized spacial score (nSPS) is 32.8. The molecule has 16 heavy (non-hydrogen) atoms. The van der Waals surface area contributed by atoms with E-state index in [4.69, 9.17) is 4.74 Å². The van der Waals surface area contributed by atoms with Gasteiger partial charge in [-0.05, 0) is 19.8 Å². The van der Waals surface area contributed by atoms with Gasteiger partial charge in [0.15, 0.2) is 5.60 Å². The monoisotopic (exact) mass is 242 g/mol. The SMILES string of the molecule is CC(C)(C)SC(=O)C1(C)OC12CCCCC2. The van der Waals surface area contributed by atoms with E-state index in [9.17, 15) is 4.79 Å². The van der Waals surface area contributed by atoms with E-state index in [1.54, 1.807) is 0 Å². The molecule has 1 heterocycles. The Morgan fingerprint density at radius 2 is 1.75 bits per heavy atom. The number of rotatable bonds is 1. The summed E-state index contributed by atoms with van der Waals surface area (Å²) >= 11 is 1.43. The van der Waals surface area contributed by atoms with E-state index in [2.05, 4.69) is 20.8 Å². The van der Waals surface area contributed by atoms with E-state index >= 15 is 0 Å². The Hall–Kier alpha value is -0.0200. The van der Waals surface area contributed by atoms with Crippen molar-refractivity contribution in [1.82, 2.24) is 0 Å². The highest BCUT2D eigenvalue weighted by Gasteiger charge is 2.70. The second kappa shape index (κ2) is 3.74. The number of hydrogen-bond acceptors (Lipinski definition) is 3. The van der Waals surface area contributed by atoms with Crippen LogP contribution in [0.3, 0.4) is 0 Å². The average Bonchev–Trinajstić information content (AvgIpc) is 2.71. The molecular weight excluding hydrogens is 220 g/mol. The van der Waals surface area contributed by atoms with Crippen LogP contribution in [0.5, 0.6) is 0 Å². The van der Waals surface area contributed by atoms with Gasteiger partial charge in [-0.1, -0.05) is 51.8 Å². The summed E-state index contributed by atoms with van der Waals surface area (Å²) in [5.41, 5.74) is -0.591. The first kappa shape index (κ1) is 12.4. The van der Waals surface area contributed by atoms with Crippen molar-refractivity contribution in [1.29, 1.82) is 0 Å². The maximum Gasteiger partial charge on any atom is 0.224 e. The van der Waals surface area contributed by atoms with E-state index in [0.717, 1.165) is 12.8 Å².